The van der Waals surface area contributed by atoms with Crippen molar-refractivity contribution < 1.29 is 4.79 Å². The number of anilines is 1. The molecule has 0 saturated carbocycles. The molecular weight excluding hydrogens is 232 g/mol. The lowest BCUT2D eigenvalue weighted by Gasteiger charge is -2.09. The van der Waals surface area contributed by atoms with Gasteiger partial charge in [0.1, 0.15) is 12.7 Å². The maximum absolute atomic E-state index is 11.6. The highest BCUT2D eigenvalue weighted by Crippen LogP contribution is 2.15. The fourth-order valence-electron chi connectivity index (χ4n) is 1.43. The van der Waals surface area contributed by atoms with Crippen molar-refractivity contribution in [3.05, 3.63) is 31.0 Å². The maximum Gasteiger partial charge on any atom is 0.238 e. The summed E-state index contributed by atoms with van der Waals surface area (Å²) < 4.78 is 1.50. The average Bonchev–Trinajstić information content (AvgIpc) is 2.91. The van der Waals surface area contributed by atoms with E-state index < -0.39 is 0 Å². The summed E-state index contributed by atoms with van der Waals surface area (Å²) in [5.74, 6) is 0.422. The molecule has 18 heavy (non-hydrogen) atoms. The third-order valence-electron chi connectivity index (χ3n) is 2.23. The molecule has 0 aliphatic rings. The molecule has 2 N–H and O–H groups in total. The maximum atomic E-state index is 11.6. The number of aromatic nitrogens is 4. The van der Waals surface area contributed by atoms with Gasteiger partial charge in [0.15, 0.2) is 5.82 Å². The van der Waals surface area contributed by atoms with Crippen molar-refractivity contribution in [3.8, 4) is 5.82 Å². The average molecular weight is 246 g/mol. The van der Waals surface area contributed by atoms with E-state index >= 15 is 0 Å². The van der Waals surface area contributed by atoms with Gasteiger partial charge < -0.3 is 10.6 Å². The lowest BCUT2D eigenvalue weighted by molar-refractivity contribution is -0.115. The molecule has 2 aromatic rings. The molecule has 0 radical (unpaired) electrons. The van der Waals surface area contributed by atoms with Crippen LogP contribution in [0.3, 0.4) is 0 Å². The molecule has 7 heteroatoms. The van der Waals surface area contributed by atoms with Gasteiger partial charge in [-0.3, -0.25) is 4.79 Å². The fraction of sp³-hybridized carbons (Fsp3) is 0.273. The highest BCUT2D eigenvalue weighted by molar-refractivity contribution is 5.93. The Balaban J connectivity index is 2.16. The first-order chi connectivity index (χ1) is 8.81. The first-order valence-corrected chi connectivity index (χ1v) is 5.62. The highest BCUT2D eigenvalue weighted by Gasteiger charge is 2.09. The van der Waals surface area contributed by atoms with Gasteiger partial charge in [-0.2, -0.15) is 5.10 Å². The van der Waals surface area contributed by atoms with Crippen molar-refractivity contribution in [2.24, 2.45) is 0 Å². The Morgan fingerprint density at radius 2 is 2.39 bits per heavy atom. The van der Waals surface area contributed by atoms with Crippen LogP contribution in [0, 0.1) is 0 Å². The quantitative estimate of drug-likeness (QED) is 0.787. The van der Waals surface area contributed by atoms with Gasteiger partial charge in [-0.25, -0.2) is 14.6 Å². The second kappa shape index (κ2) is 5.87. The van der Waals surface area contributed by atoms with Crippen LogP contribution in [0.4, 0.5) is 5.69 Å². The Labute approximate surface area is 104 Å². The predicted molar refractivity (Wildman–Crippen MR) is 66.3 cm³/mol. The fourth-order valence-corrected chi connectivity index (χ4v) is 1.43. The second-order valence-corrected chi connectivity index (χ2v) is 3.54. The molecule has 0 atom stereocenters. The van der Waals surface area contributed by atoms with E-state index in [0.29, 0.717) is 11.5 Å². The molecule has 2 aromatic heterocycles. The number of carbonyl (C=O) groups is 1. The summed E-state index contributed by atoms with van der Waals surface area (Å²) >= 11 is 0. The molecule has 0 aliphatic carbocycles. The third kappa shape index (κ3) is 2.89. The van der Waals surface area contributed by atoms with Crippen LogP contribution >= 0.6 is 0 Å². The van der Waals surface area contributed by atoms with Crippen molar-refractivity contribution in [2.45, 2.75) is 6.92 Å². The molecule has 0 fully saturated rings. The molecule has 0 aromatic carbocycles. The number of amides is 1. The molecule has 0 saturated heterocycles. The summed E-state index contributed by atoms with van der Waals surface area (Å²) in [5.41, 5.74) is 0.603. The van der Waals surface area contributed by atoms with Gasteiger partial charge in [-0.1, -0.05) is 6.92 Å². The topological polar surface area (TPSA) is 84.7 Å². The van der Waals surface area contributed by atoms with Crippen LogP contribution in [0.15, 0.2) is 31.0 Å². The first-order valence-electron chi connectivity index (χ1n) is 5.62. The Bertz CT molecular complexity index is 510. The van der Waals surface area contributed by atoms with Crippen molar-refractivity contribution in [3.63, 3.8) is 0 Å². The Morgan fingerprint density at radius 1 is 1.50 bits per heavy atom. The molecule has 0 unspecified atom stereocenters. The minimum atomic E-state index is -0.119. The SMILES string of the molecule is CCNCC(=O)Nc1cccnc1-n1cncn1. The number of hydrogen-bond acceptors (Lipinski definition) is 5. The summed E-state index contributed by atoms with van der Waals surface area (Å²) in [6.45, 7) is 2.96. The van der Waals surface area contributed by atoms with Gasteiger partial charge in [-0.05, 0) is 18.7 Å². The molecule has 2 heterocycles. The number of nitrogens with zero attached hydrogens (tertiary/aromatic N) is 4. The van der Waals surface area contributed by atoms with Gasteiger partial charge in [0.05, 0.1) is 12.2 Å². The second-order valence-electron chi connectivity index (χ2n) is 3.54. The van der Waals surface area contributed by atoms with E-state index in [1.807, 2.05) is 6.92 Å². The molecule has 0 spiro atoms. The van der Waals surface area contributed by atoms with Crippen LogP contribution < -0.4 is 10.6 Å². The van der Waals surface area contributed by atoms with Crippen LogP contribution in [0.2, 0.25) is 0 Å². The Hall–Kier alpha value is -2.28. The van der Waals surface area contributed by atoms with Crippen LogP contribution in [-0.4, -0.2) is 38.7 Å². The highest BCUT2D eigenvalue weighted by atomic mass is 16.1. The van der Waals surface area contributed by atoms with Crippen LogP contribution in [0.25, 0.3) is 5.82 Å². The van der Waals surface area contributed by atoms with E-state index in [9.17, 15) is 4.79 Å². The Kier molecular flexibility index (Phi) is 3.98. The largest absolute Gasteiger partial charge is 0.322 e. The number of nitrogens with one attached hydrogen (secondary N) is 2. The van der Waals surface area contributed by atoms with E-state index in [2.05, 4.69) is 25.7 Å². The van der Waals surface area contributed by atoms with Crippen molar-refractivity contribution >= 4 is 11.6 Å². The van der Waals surface area contributed by atoms with Gasteiger partial charge in [0, 0.05) is 6.20 Å². The van der Waals surface area contributed by atoms with E-state index in [0.717, 1.165) is 6.54 Å². The number of rotatable bonds is 5. The number of carbonyl (C=O) groups excluding carboxylic acids is 1. The lowest BCUT2D eigenvalue weighted by Crippen LogP contribution is -2.28. The Morgan fingerprint density at radius 3 is 3.11 bits per heavy atom. The van der Waals surface area contributed by atoms with Crippen LogP contribution in [0.5, 0.6) is 0 Å². The van der Waals surface area contributed by atoms with Crippen LogP contribution in [-0.2, 0) is 4.79 Å². The van der Waals surface area contributed by atoms with E-state index in [-0.39, 0.29) is 12.5 Å². The van der Waals surface area contributed by atoms with Crippen LogP contribution in [0.1, 0.15) is 6.92 Å². The number of likely N-dealkylation sites (N-methyl/N-ethyl adjacent to an activating group) is 1. The summed E-state index contributed by atoms with van der Waals surface area (Å²) in [6.07, 6.45) is 4.58. The third-order valence-corrected chi connectivity index (χ3v) is 2.23. The van der Waals surface area contributed by atoms with Gasteiger partial charge in [0.25, 0.3) is 0 Å². The standard InChI is InChI=1S/C11H14N6O/c1-2-12-6-10(18)16-9-4-3-5-14-11(9)17-8-13-7-15-17/h3-5,7-8,12H,2,6H2,1H3,(H,16,18). The zero-order chi connectivity index (χ0) is 12.8. The minimum Gasteiger partial charge on any atom is -0.322 e. The van der Waals surface area contributed by atoms with Crippen molar-refractivity contribution in [2.75, 3.05) is 18.4 Å². The normalized spacial score (nSPS) is 10.3. The molecule has 2 rings (SSSR count). The summed E-state index contributed by atoms with van der Waals surface area (Å²) in [4.78, 5) is 19.7. The van der Waals surface area contributed by atoms with Crippen molar-refractivity contribution in [1.82, 2.24) is 25.1 Å². The summed E-state index contributed by atoms with van der Waals surface area (Å²) in [6, 6.07) is 3.52. The monoisotopic (exact) mass is 246 g/mol. The molecule has 0 bridgehead atoms. The number of pyridine rings is 1. The smallest absolute Gasteiger partial charge is 0.238 e. The molecule has 0 aliphatic heterocycles. The summed E-state index contributed by atoms with van der Waals surface area (Å²) in [5, 5.41) is 9.73. The molecular formula is C11H14N6O. The zero-order valence-corrected chi connectivity index (χ0v) is 10.00. The first kappa shape index (κ1) is 12.2. The van der Waals surface area contributed by atoms with E-state index in [4.69, 9.17) is 0 Å². The van der Waals surface area contributed by atoms with E-state index in [1.54, 1.807) is 18.3 Å². The number of hydrogen-bond donors (Lipinski definition) is 2. The lowest BCUT2D eigenvalue weighted by atomic mass is 10.3. The molecule has 94 valence electrons. The molecule has 1 amide bonds. The minimum absolute atomic E-state index is 0.119. The van der Waals surface area contributed by atoms with Gasteiger partial charge >= 0.3 is 0 Å². The molecule has 7 nitrogen and oxygen atoms in total. The predicted octanol–water partition coefficient (Wildman–Crippen LogP) is 0.210. The van der Waals surface area contributed by atoms with Gasteiger partial charge in [0.2, 0.25) is 5.91 Å². The van der Waals surface area contributed by atoms with Gasteiger partial charge in [-0.15, -0.1) is 0 Å². The zero-order valence-electron chi connectivity index (χ0n) is 10.00. The van der Waals surface area contributed by atoms with Crippen molar-refractivity contribution in [1.29, 1.82) is 0 Å². The summed E-state index contributed by atoms with van der Waals surface area (Å²) in [7, 11) is 0. The van der Waals surface area contributed by atoms with E-state index in [1.165, 1.54) is 17.3 Å².